The lowest BCUT2D eigenvalue weighted by Crippen LogP contribution is -2.36. The molecule has 1 aliphatic rings. The van der Waals surface area contributed by atoms with Gasteiger partial charge >= 0.3 is 0 Å². The van der Waals surface area contributed by atoms with Crippen LogP contribution in [0.15, 0.2) is 24.3 Å². The molecule has 0 aliphatic carbocycles. The van der Waals surface area contributed by atoms with Crippen molar-refractivity contribution in [3.63, 3.8) is 0 Å². The van der Waals surface area contributed by atoms with Crippen molar-refractivity contribution < 1.29 is 9.53 Å². The van der Waals surface area contributed by atoms with E-state index in [-0.39, 0.29) is 11.4 Å². The number of amides is 1. The number of carbonyl (C=O) groups excluding carboxylic acids is 1. The number of rotatable bonds is 4. The third-order valence-corrected chi connectivity index (χ3v) is 3.55. The lowest BCUT2D eigenvalue weighted by Gasteiger charge is -2.28. The van der Waals surface area contributed by atoms with Crippen molar-refractivity contribution in [1.29, 1.82) is 0 Å². The van der Waals surface area contributed by atoms with Crippen molar-refractivity contribution in [2.24, 2.45) is 5.73 Å². The number of nitrogens with zero attached hydrogens (tertiary/aromatic N) is 2. The Balaban J connectivity index is 1.75. The number of morpholine rings is 1. The summed E-state index contributed by atoms with van der Waals surface area (Å²) in [4.78, 5) is 13.6. The van der Waals surface area contributed by atoms with Crippen LogP contribution in [0.1, 0.15) is 10.4 Å². The number of aromatic nitrogens is 2. The molecule has 0 bridgehead atoms. The molecular weight excluding hydrogens is 284 g/mol. The SMILES string of the molecule is NC(=O)c1c(Nc2ccc(N3CCOCC3)cc2)n[nH]c1N. The van der Waals surface area contributed by atoms with E-state index in [1.54, 1.807) is 0 Å². The van der Waals surface area contributed by atoms with Crippen LogP contribution in [-0.4, -0.2) is 42.4 Å². The number of nitrogen functional groups attached to an aromatic ring is 1. The molecule has 8 heteroatoms. The number of nitrogens with two attached hydrogens (primary N) is 2. The summed E-state index contributed by atoms with van der Waals surface area (Å²) < 4.78 is 5.34. The van der Waals surface area contributed by atoms with E-state index in [1.165, 1.54) is 0 Å². The fraction of sp³-hybridized carbons (Fsp3) is 0.286. The summed E-state index contributed by atoms with van der Waals surface area (Å²) in [6.07, 6.45) is 0. The second kappa shape index (κ2) is 5.94. The van der Waals surface area contributed by atoms with Crippen molar-refractivity contribution in [2.45, 2.75) is 0 Å². The summed E-state index contributed by atoms with van der Waals surface area (Å²) in [6.45, 7) is 3.26. The molecule has 1 amide bonds. The molecule has 1 aromatic carbocycles. The highest BCUT2D eigenvalue weighted by atomic mass is 16.5. The number of ether oxygens (including phenoxy) is 1. The Kier molecular flexibility index (Phi) is 3.84. The van der Waals surface area contributed by atoms with Gasteiger partial charge in [-0.05, 0) is 24.3 Å². The van der Waals surface area contributed by atoms with Crippen LogP contribution in [0.3, 0.4) is 0 Å². The van der Waals surface area contributed by atoms with Crippen LogP contribution in [0.25, 0.3) is 0 Å². The van der Waals surface area contributed by atoms with Crippen molar-refractivity contribution in [1.82, 2.24) is 10.2 Å². The van der Waals surface area contributed by atoms with Gasteiger partial charge in [-0.1, -0.05) is 0 Å². The van der Waals surface area contributed by atoms with Crippen molar-refractivity contribution >= 4 is 28.9 Å². The monoisotopic (exact) mass is 302 g/mol. The van der Waals surface area contributed by atoms with E-state index in [2.05, 4.69) is 20.4 Å². The standard InChI is InChI=1S/C14H18N6O2/c15-12-11(13(16)21)14(19-18-12)17-9-1-3-10(4-2-9)20-5-7-22-8-6-20/h1-4H,5-8H2,(H2,16,21)(H4,15,17,18,19). The minimum absolute atomic E-state index is 0.153. The van der Waals surface area contributed by atoms with Crippen LogP contribution >= 0.6 is 0 Å². The average Bonchev–Trinajstić information content (AvgIpc) is 2.90. The van der Waals surface area contributed by atoms with Gasteiger partial charge in [-0.15, -0.1) is 0 Å². The van der Waals surface area contributed by atoms with Crippen molar-refractivity contribution in [3.05, 3.63) is 29.8 Å². The molecule has 8 nitrogen and oxygen atoms in total. The van der Waals surface area contributed by atoms with E-state index in [1.807, 2.05) is 24.3 Å². The molecule has 1 saturated heterocycles. The number of nitrogens with one attached hydrogen (secondary N) is 2. The lowest BCUT2D eigenvalue weighted by atomic mass is 10.2. The third-order valence-electron chi connectivity index (χ3n) is 3.55. The Labute approximate surface area is 127 Å². The first-order valence-corrected chi connectivity index (χ1v) is 6.98. The summed E-state index contributed by atoms with van der Waals surface area (Å²) in [7, 11) is 0. The van der Waals surface area contributed by atoms with Gasteiger partial charge in [0, 0.05) is 24.5 Å². The highest BCUT2D eigenvalue weighted by Gasteiger charge is 2.16. The van der Waals surface area contributed by atoms with E-state index < -0.39 is 5.91 Å². The predicted octanol–water partition coefficient (Wildman–Crippen LogP) is 0.671. The van der Waals surface area contributed by atoms with E-state index in [0.29, 0.717) is 5.82 Å². The normalized spacial score (nSPS) is 14.8. The Bertz CT molecular complexity index is 660. The van der Waals surface area contributed by atoms with Gasteiger partial charge in [0.05, 0.1) is 13.2 Å². The molecule has 0 unspecified atom stereocenters. The van der Waals surface area contributed by atoms with Gasteiger partial charge in [-0.25, -0.2) is 0 Å². The third kappa shape index (κ3) is 2.82. The Morgan fingerprint density at radius 3 is 2.59 bits per heavy atom. The summed E-state index contributed by atoms with van der Waals surface area (Å²) >= 11 is 0. The number of benzene rings is 1. The minimum atomic E-state index is -0.626. The molecule has 0 saturated carbocycles. The summed E-state index contributed by atoms with van der Waals surface area (Å²) in [5, 5.41) is 9.54. The highest BCUT2D eigenvalue weighted by molar-refractivity contribution is 6.02. The number of hydrogen-bond acceptors (Lipinski definition) is 6. The Hall–Kier alpha value is -2.74. The van der Waals surface area contributed by atoms with Gasteiger partial charge in [0.1, 0.15) is 11.4 Å². The molecule has 22 heavy (non-hydrogen) atoms. The molecule has 0 radical (unpaired) electrons. The van der Waals surface area contributed by atoms with Crippen LogP contribution in [0, 0.1) is 0 Å². The Morgan fingerprint density at radius 1 is 1.27 bits per heavy atom. The maximum absolute atomic E-state index is 11.4. The molecule has 2 heterocycles. The van der Waals surface area contributed by atoms with Crippen LogP contribution in [0.5, 0.6) is 0 Å². The molecule has 3 rings (SSSR count). The Morgan fingerprint density at radius 2 is 1.95 bits per heavy atom. The first-order chi connectivity index (χ1) is 10.6. The topological polar surface area (TPSA) is 122 Å². The summed E-state index contributed by atoms with van der Waals surface area (Å²) in [5.41, 5.74) is 13.0. The lowest BCUT2D eigenvalue weighted by molar-refractivity contribution is 0.100. The van der Waals surface area contributed by atoms with Crippen molar-refractivity contribution in [2.75, 3.05) is 42.3 Å². The molecule has 0 spiro atoms. The summed E-state index contributed by atoms with van der Waals surface area (Å²) in [6, 6.07) is 7.85. The zero-order chi connectivity index (χ0) is 15.5. The number of primary amides is 1. The van der Waals surface area contributed by atoms with Crippen LogP contribution in [0.2, 0.25) is 0 Å². The zero-order valence-electron chi connectivity index (χ0n) is 12.0. The number of H-pyrrole nitrogens is 1. The van der Waals surface area contributed by atoms with E-state index in [0.717, 1.165) is 37.7 Å². The number of anilines is 4. The minimum Gasteiger partial charge on any atom is -0.383 e. The first kappa shape index (κ1) is 14.2. The average molecular weight is 302 g/mol. The number of carbonyl (C=O) groups is 1. The number of hydrogen-bond donors (Lipinski definition) is 4. The van der Waals surface area contributed by atoms with Gasteiger partial charge in [0.15, 0.2) is 5.82 Å². The first-order valence-electron chi connectivity index (χ1n) is 6.98. The van der Waals surface area contributed by atoms with Gasteiger partial charge < -0.3 is 26.4 Å². The van der Waals surface area contributed by atoms with Crippen LogP contribution in [0.4, 0.5) is 23.0 Å². The molecule has 1 fully saturated rings. The van der Waals surface area contributed by atoms with Gasteiger partial charge in [-0.2, -0.15) is 5.10 Å². The maximum atomic E-state index is 11.4. The molecular formula is C14H18N6O2. The van der Waals surface area contributed by atoms with Crippen LogP contribution in [-0.2, 0) is 4.74 Å². The second-order valence-electron chi connectivity index (χ2n) is 5.00. The predicted molar refractivity (Wildman–Crippen MR) is 84.3 cm³/mol. The molecule has 116 valence electrons. The maximum Gasteiger partial charge on any atom is 0.256 e. The number of aromatic amines is 1. The fourth-order valence-electron chi connectivity index (χ4n) is 2.41. The second-order valence-corrected chi connectivity index (χ2v) is 5.00. The van der Waals surface area contributed by atoms with E-state index in [4.69, 9.17) is 16.2 Å². The van der Waals surface area contributed by atoms with E-state index in [9.17, 15) is 4.79 Å². The zero-order valence-corrected chi connectivity index (χ0v) is 12.0. The van der Waals surface area contributed by atoms with E-state index >= 15 is 0 Å². The molecule has 0 atom stereocenters. The van der Waals surface area contributed by atoms with Gasteiger partial charge in [0.25, 0.3) is 5.91 Å². The molecule has 1 aromatic heterocycles. The summed E-state index contributed by atoms with van der Waals surface area (Å²) in [5.74, 6) is -0.150. The van der Waals surface area contributed by atoms with Gasteiger partial charge in [0.2, 0.25) is 0 Å². The quantitative estimate of drug-likeness (QED) is 0.658. The molecule has 1 aliphatic heterocycles. The largest absolute Gasteiger partial charge is 0.383 e. The fourth-order valence-corrected chi connectivity index (χ4v) is 2.41. The van der Waals surface area contributed by atoms with Gasteiger partial charge in [-0.3, -0.25) is 9.89 Å². The smallest absolute Gasteiger partial charge is 0.256 e. The highest BCUT2D eigenvalue weighted by Crippen LogP contribution is 2.24. The molecule has 6 N–H and O–H groups in total. The molecule has 2 aromatic rings. The van der Waals surface area contributed by atoms with Crippen molar-refractivity contribution in [3.8, 4) is 0 Å². The van der Waals surface area contributed by atoms with Crippen LogP contribution < -0.4 is 21.7 Å².